The molecule has 96 valence electrons. The van der Waals surface area contributed by atoms with Crippen LogP contribution in [0.25, 0.3) is 0 Å². The van der Waals surface area contributed by atoms with Gasteiger partial charge in [-0.2, -0.15) is 0 Å². The number of nitrogens with zero attached hydrogens (tertiary/aromatic N) is 2. The number of ether oxygens (including phenoxy) is 2. The number of methoxy groups -OCH3 is 2. The fourth-order valence-corrected chi connectivity index (χ4v) is 2.60. The van der Waals surface area contributed by atoms with E-state index in [-0.39, 0.29) is 12.3 Å². The van der Waals surface area contributed by atoms with E-state index >= 15 is 0 Å². The van der Waals surface area contributed by atoms with Gasteiger partial charge in [-0.1, -0.05) is 12.8 Å². The molecule has 2 rings (SSSR count). The maximum absolute atomic E-state index is 6.19. The van der Waals surface area contributed by atoms with Gasteiger partial charge in [0.15, 0.2) is 6.29 Å². The monoisotopic (exact) mass is 239 g/mol. The quantitative estimate of drug-likeness (QED) is 0.811. The van der Waals surface area contributed by atoms with Gasteiger partial charge in [-0.25, -0.2) is 4.98 Å². The highest BCUT2D eigenvalue weighted by atomic mass is 16.7. The van der Waals surface area contributed by atoms with Gasteiger partial charge in [0.2, 0.25) is 0 Å². The zero-order valence-corrected chi connectivity index (χ0v) is 10.5. The summed E-state index contributed by atoms with van der Waals surface area (Å²) < 4.78 is 12.7. The number of hydrogen-bond donors (Lipinski definition) is 1. The maximum atomic E-state index is 6.19. The Morgan fingerprint density at radius 2 is 2.06 bits per heavy atom. The third kappa shape index (κ3) is 2.51. The van der Waals surface area contributed by atoms with Gasteiger partial charge >= 0.3 is 0 Å². The van der Waals surface area contributed by atoms with Crippen molar-refractivity contribution in [3.8, 4) is 0 Å². The molecular weight excluding hydrogens is 218 g/mol. The molecule has 1 fully saturated rings. The van der Waals surface area contributed by atoms with E-state index in [9.17, 15) is 0 Å². The van der Waals surface area contributed by atoms with Crippen molar-refractivity contribution in [1.29, 1.82) is 0 Å². The smallest absolute Gasteiger partial charge is 0.200 e. The summed E-state index contributed by atoms with van der Waals surface area (Å²) in [5, 5.41) is 0. The Morgan fingerprint density at radius 1 is 1.35 bits per heavy atom. The highest BCUT2D eigenvalue weighted by Gasteiger charge is 2.27. The predicted molar refractivity (Wildman–Crippen MR) is 64.5 cm³/mol. The van der Waals surface area contributed by atoms with Gasteiger partial charge in [-0.05, 0) is 12.8 Å². The molecule has 17 heavy (non-hydrogen) atoms. The molecule has 5 heteroatoms. The minimum atomic E-state index is -0.369. The molecule has 1 aromatic heterocycles. The van der Waals surface area contributed by atoms with Crippen LogP contribution in [0.2, 0.25) is 0 Å². The molecule has 0 saturated heterocycles. The van der Waals surface area contributed by atoms with Crippen molar-refractivity contribution in [2.75, 3.05) is 14.2 Å². The first-order chi connectivity index (χ1) is 8.27. The molecule has 2 N–H and O–H groups in total. The van der Waals surface area contributed by atoms with Gasteiger partial charge in [0.05, 0.1) is 24.3 Å². The van der Waals surface area contributed by atoms with Crippen LogP contribution in [0.1, 0.15) is 43.7 Å². The van der Waals surface area contributed by atoms with E-state index in [4.69, 9.17) is 15.2 Å². The predicted octanol–water partition coefficient (Wildman–Crippen LogP) is 1.62. The lowest BCUT2D eigenvalue weighted by molar-refractivity contribution is -0.111. The lowest BCUT2D eigenvalue weighted by Crippen LogP contribution is -2.35. The number of nitrogens with two attached hydrogens (primary N) is 1. The van der Waals surface area contributed by atoms with Crippen molar-refractivity contribution < 1.29 is 9.47 Å². The van der Waals surface area contributed by atoms with Gasteiger partial charge < -0.3 is 19.8 Å². The van der Waals surface area contributed by atoms with E-state index < -0.39 is 0 Å². The van der Waals surface area contributed by atoms with Gasteiger partial charge in [-0.3, -0.25) is 0 Å². The molecular formula is C12H21N3O2. The summed E-state index contributed by atoms with van der Waals surface area (Å²) in [5.74, 6) is 0. The first-order valence-electron chi connectivity index (χ1n) is 6.10. The standard InChI is InChI=1S/C12H21N3O2/c1-16-12(17-2)11-7-14-8-15(11)10-6-4-3-5-9(10)13/h7-10,12H,3-6,13H2,1-2H3. The van der Waals surface area contributed by atoms with Crippen LogP contribution in [0.5, 0.6) is 0 Å². The van der Waals surface area contributed by atoms with Crippen LogP contribution in [0.4, 0.5) is 0 Å². The Labute approximate surface area is 102 Å². The van der Waals surface area contributed by atoms with Crippen LogP contribution in [0.15, 0.2) is 12.5 Å². The third-order valence-corrected chi connectivity index (χ3v) is 3.50. The molecule has 0 aromatic carbocycles. The highest BCUT2D eigenvalue weighted by molar-refractivity contribution is 5.04. The average molecular weight is 239 g/mol. The molecule has 0 radical (unpaired) electrons. The van der Waals surface area contributed by atoms with E-state index in [1.54, 1.807) is 20.4 Å². The van der Waals surface area contributed by atoms with Crippen LogP contribution in [-0.4, -0.2) is 29.8 Å². The molecule has 0 aliphatic heterocycles. The van der Waals surface area contributed by atoms with Crippen molar-refractivity contribution in [2.45, 2.75) is 44.1 Å². The van der Waals surface area contributed by atoms with Gasteiger partial charge in [0.25, 0.3) is 0 Å². The van der Waals surface area contributed by atoms with Crippen molar-refractivity contribution in [2.24, 2.45) is 5.73 Å². The van der Waals surface area contributed by atoms with Crippen LogP contribution >= 0.6 is 0 Å². The van der Waals surface area contributed by atoms with Gasteiger partial charge in [0.1, 0.15) is 0 Å². The minimum Gasteiger partial charge on any atom is -0.350 e. The Morgan fingerprint density at radius 3 is 2.71 bits per heavy atom. The summed E-state index contributed by atoms with van der Waals surface area (Å²) in [5.41, 5.74) is 7.13. The molecule has 0 bridgehead atoms. The number of imidazole rings is 1. The van der Waals surface area contributed by atoms with E-state index in [0.29, 0.717) is 6.04 Å². The summed E-state index contributed by atoms with van der Waals surface area (Å²) in [6.45, 7) is 0. The van der Waals surface area contributed by atoms with E-state index in [1.807, 2.05) is 6.33 Å². The Balaban J connectivity index is 2.22. The molecule has 0 amide bonds. The zero-order chi connectivity index (χ0) is 12.3. The Hall–Kier alpha value is -0.910. The summed E-state index contributed by atoms with van der Waals surface area (Å²) in [4.78, 5) is 4.20. The lowest BCUT2D eigenvalue weighted by atomic mass is 9.90. The highest BCUT2D eigenvalue weighted by Crippen LogP contribution is 2.30. The summed E-state index contributed by atoms with van der Waals surface area (Å²) in [7, 11) is 3.26. The van der Waals surface area contributed by atoms with Crippen LogP contribution < -0.4 is 5.73 Å². The summed E-state index contributed by atoms with van der Waals surface area (Å²) in [6, 6.07) is 0.514. The van der Waals surface area contributed by atoms with Crippen molar-refractivity contribution >= 4 is 0 Å². The van der Waals surface area contributed by atoms with Crippen molar-refractivity contribution in [1.82, 2.24) is 9.55 Å². The van der Waals surface area contributed by atoms with E-state index in [2.05, 4.69) is 9.55 Å². The number of rotatable bonds is 4. The van der Waals surface area contributed by atoms with E-state index in [1.165, 1.54) is 12.8 Å². The second kappa shape index (κ2) is 5.62. The fourth-order valence-electron chi connectivity index (χ4n) is 2.60. The van der Waals surface area contributed by atoms with Crippen LogP contribution in [0.3, 0.4) is 0 Å². The largest absolute Gasteiger partial charge is 0.350 e. The molecule has 1 aliphatic rings. The molecule has 1 aliphatic carbocycles. The molecule has 5 nitrogen and oxygen atoms in total. The van der Waals surface area contributed by atoms with E-state index in [0.717, 1.165) is 18.5 Å². The first kappa shape index (κ1) is 12.5. The van der Waals surface area contributed by atoms with Gasteiger partial charge in [0, 0.05) is 20.3 Å². The number of hydrogen-bond acceptors (Lipinski definition) is 4. The van der Waals surface area contributed by atoms with Gasteiger partial charge in [-0.15, -0.1) is 0 Å². The summed E-state index contributed by atoms with van der Waals surface area (Å²) in [6.07, 6.45) is 7.87. The molecule has 2 unspecified atom stereocenters. The Kier molecular flexibility index (Phi) is 4.15. The average Bonchev–Trinajstić information content (AvgIpc) is 2.80. The first-order valence-corrected chi connectivity index (χ1v) is 6.10. The molecule has 1 saturated carbocycles. The normalized spacial score (nSPS) is 25.4. The second-order valence-electron chi connectivity index (χ2n) is 4.54. The SMILES string of the molecule is COC(OC)c1cncn1C1CCCCC1N. The van der Waals surface area contributed by atoms with Crippen molar-refractivity contribution in [3.63, 3.8) is 0 Å². The van der Waals surface area contributed by atoms with Crippen LogP contribution in [-0.2, 0) is 9.47 Å². The molecule has 1 heterocycles. The lowest BCUT2D eigenvalue weighted by Gasteiger charge is -2.31. The minimum absolute atomic E-state index is 0.200. The number of aromatic nitrogens is 2. The molecule has 1 aromatic rings. The maximum Gasteiger partial charge on any atom is 0.200 e. The topological polar surface area (TPSA) is 62.3 Å². The fraction of sp³-hybridized carbons (Fsp3) is 0.750. The second-order valence-corrected chi connectivity index (χ2v) is 4.54. The third-order valence-electron chi connectivity index (χ3n) is 3.50. The Bertz CT molecular complexity index is 349. The zero-order valence-electron chi connectivity index (χ0n) is 10.5. The molecule has 2 atom stereocenters. The molecule has 0 spiro atoms. The van der Waals surface area contributed by atoms with Crippen molar-refractivity contribution in [3.05, 3.63) is 18.2 Å². The van der Waals surface area contributed by atoms with Crippen LogP contribution in [0, 0.1) is 0 Å². The summed E-state index contributed by atoms with van der Waals surface area (Å²) >= 11 is 0.